The minimum atomic E-state index is -0.617. The number of carbonyl (C=O) groups excluding carboxylic acids is 2. The van der Waals surface area contributed by atoms with E-state index < -0.39 is 12.0 Å². The number of benzene rings is 1. The number of amides is 1. The van der Waals surface area contributed by atoms with E-state index in [1.165, 1.54) is 0 Å². The Hall–Kier alpha value is -2.42. The number of nitrogens with zero attached hydrogens (tertiary/aromatic N) is 4. The number of hydrogen-bond acceptors (Lipinski definition) is 7. The molecule has 4 rings (SSSR count). The van der Waals surface area contributed by atoms with Crippen molar-refractivity contribution in [2.75, 3.05) is 5.75 Å². The van der Waals surface area contributed by atoms with Gasteiger partial charge in [0.2, 0.25) is 5.91 Å². The van der Waals surface area contributed by atoms with Crippen LogP contribution in [0.25, 0.3) is 10.9 Å². The fraction of sp³-hybridized carbons (Fsp3) is 0.438. The Morgan fingerprint density at radius 3 is 3.04 bits per heavy atom. The van der Waals surface area contributed by atoms with Crippen LogP contribution in [0.5, 0.6) is 0 Å². The summed E-state index contributed by atoms with van der Waals surface area (Å²) in [4.78, 5) is 38.1. The Bertz CT molecular complexity index is 930. The molecule has 2 aliphatic rings. The number of esters is 1. The summed E-state index contributed by atoms with van der Waals surface area (Å²) in [6.07, 6.45) is 1.18. The van der Waals surface area contributed by atoms with Crippen molar-refractivity contribution in [3.05, 3.63) is 34.6 Å². The Labute approximate surface area is 147 Å². The van der Waals surface area contributed by atoms with Gasteiger partial charge in [0.15, 0.2) is 6.73 Å². The van der Waals surface area contributed by atoms with Gasteiger partial charge in [0, 0.05) is 12.2 Å². The van der Waals surface area contributed by atoms with Crippen LogP contribution in [0.2, 0.25) is 0 Å². The highest BCUT2D eigenvalue weighted by Gasteiger charge is 2.53. The molecule has 0 radical (unpaired) electrons. The molecule has 8 nitrogen and oxygen atoms in total. The van der Waals surface area contributed by atoms with Crippen LogP contribution >= 0.6 is 11.8 Å². The van der Waals surface area contributed by atoms with Gasteiger partial charge >= 0.3 is 5.97 Å². The van der Waals surface area contributed by atoms with Gasteiger partial charge in [-0.05, 0) is 25.5 Å². The van der Waals surface area contributed by atoms with Crippen LogP contribution in [-0.4, -0.2) is 48.4 Å². The zero-order valence-electron chi connectivity index (χ0n) is 13.5. The lowest BCUT2D eigenvalue weighted by molar-refractivity contribution is -0.157. The lowest BCUT2D eigenvalue weighted by Crippen LogP contribution is -2.47. The molecule has 9 heteroatoms. The molecule has 0 bridgehead atoms. The molecule has 0 saturated carbocycles. The van der Waals surface area contributed by atoms with Crippen LogP contribution in [0, 0.1) is 0 Å². The molecule has 130 valence electrons. The van der Waals surface area contributed by atoms with E-state index >= 15 is 0 Å². The van der Waals surface area contributed by atoms with Gasteiger partial charge in [-0.2, -0.15) is 4.68 Å². The maximum atomic E-state index is 12.4. The normalized spacial score (nSPS) is 25.4. The van der Waals surface area contributed by atoms with Crippen LogP contribution in [-0.2, 0) is 21.1 Å². The first kappa shape index (κ1) is 16.1. The number of thioether (sulfide) groups is 1. The molecule has 2 atom stereocenters. The van der Waals surface area contributed by atoms with Crippen molar-refractivity contribution < 1.29 is 14.3 Å². The monoisotopic (exact) mass is 360 g/mol. The second-order valence-electron chi connectivity index (χ2n) is 6.27. The first-order chi connectivity index (χ1) is 12.0. The fourth-order valence-corrected chi connectivity index (χ4v) is 4.74. The highest BCUT2D eigenvalue weighted by molar-refractivity contribution is 8.01. The molecule has 0 spiro atoms. The van der Waals surface area contributed by atoms with Crippen molar-refractivity contribution in [2.24, 2.45) is 0 Å². The SMILES string of the molecule is C[C@@]12CCC(=O)N1[C@H](C(=O)OCn1nnc3ccccc3c1=O)CS2. The standard InChI is InChI=1S/C16H16N4O4S/c1-16-7-6-13(21)20(16)12(8-25-16)15(23)24-9-19-14(22)10-4-2-3-5-11(10)17-18-19/h2-5,12H,6-9H2,1H3/t12-,16+/m0/s1. The molecule has 0 N–H and O–H groups in total. The summed E-state index contributed by atoms with van der Waals surface area (Å²) in [7, 11) is 0. The van der Waals surface area contributed by atoms with E-state index in [2.05, 4.69) is 10.3 Å². The van der Waals surface area contributed by atoms with E-state index in [0.717, 1.165) is 11.1 Å². The van der Waals surface area contributed by atoms with Crippen LogP contribution in [0.1, 0.15) is 19.8 Å². The van der Waals surface area contributed by atoms with Gasteiger partial charge in [0.1, 0.15) is 11.6 Å². The predicted molar refractivity (Wildman–Crippen MR) is 90.6 cm³/mol. The Kier molecular flexibility index (Phi) is 3.75. The van der Waals surface area contributed by atoms with E-state index in [9.17, 15) is 14.4 Å². The third kappa shape index (κ3) is 2.58. The van der Waals surface area contributed by atoms with E-state index in [-0.39, 0.29) is 23.1 Å². The van der Waals surface area contributed by atoms with E-state index in [1.807, 2.05) is 6.92 Å². The van der Waals surface area contributed by atoms with Gasteiger partial charge in [-0.1, -0.05) is 17.3 Å². The maximum absolute atomic E-state index is 12.4. The van der Waals surface area contributed by atoms with Crippen molar-refractivity contribution in [3.8, 4) is 0 Å². The van der Waals surface area contributed by atoms with Crippen LogP contribution in [0.4, 0.5) is 0 Å². The van der Waals surface area contributed by atoms with Crippen molar-refractivity contribution in [1.29, 1.82) is 0 Å². The topological polar surface area (TPSA) is 94.4 Å². The van der Waals surface area contributed by atoms with Gasteiger partial charge in [0.05, 0.1) is 10.3 Å². The summed E-state index contributed by atoms with van der Waals surface area (Å²) in [6, 6.07) is 6.22. The lowest BCUT2D eigenvalue weighted by Gasteiger charge is -2.29. The zero-order valence-corrected chi connectivity index (χ0v) is 14.4. The Morgan fingerprint density at radius 1 is 1.40 bits per heavy atom. The summed E-state index contributed by atoms with van der Waals surface area (Å²) in [5.41, 5.74) is 0.113. The molecule has 2 fully saturated rings. The molecule has 1 aromatic heterocycles. The van der Waals surface area contributed by atoms with Gasteiger partial charge in [0.25, 0.3) is 5.56 Å². The van der Waals surface area contributed by atoms with E-state index in [4.69, 9.17) is 4.74 Å². The Morgan fingerprint density at radius 2 is 2.20 bits per heavy atom. The van der Waals surface area contributed by atoms with Crippen molar-refractivity contribution in [3.63, 3.8) is 0 Å². The number of ether oxygens (including phenoxy) is 1. The average molecular weight is 360 g/mol. The molecule has 2 saturated heterocycles. The van der Waals surface area contributed by atoms with Gasteiger partial charge in [-0.25, -0.2) is 4.79 Å². The molecular weight excluding hydrogens is 344 g/mol. The quantitative estimate of drug-likeness (QED) is 0.745. The summed E-state index contributed by atoms with van der Waals surface area (Å²) < 4.78 is 6.26. The van der Waals surface area contributed by atoms with Crippen molar-refractivity contribution in [2.45, 2.75) is 37.4 Å². The molecule has 1 amide bonds. The molecule has 2 aliphatic heterocycles. The van der Waals surface area contributed by atoms with E-state index in [0.29, 0.717) is 23.1 Å². The molecule has 25 heavy (non-hydrogen) atoms. The van der Waals surface area contributed by atoms with Crippen LogP contribution in [0.3, 0.4) is 0 Å². The zero-order chi connectivity index (χ0) is 17.6. The third-order valence-electron chi connectivity index (χ3n) is 4.68. The number of carbonyl (C=O) groups is 2. The summed E-state index contributed by atoms with van der Waals surface area (Å²) in [6.45, 7) is 1.64. The van der Waals surface area contributed by atoms with Crippen molar-refractivity contribution in [1.82, 2.24) is 19.9 Å². The number of hydrogen-bond donors (Lipinski definition) is 0. The smallest absolute Gasteiger partial charge is 0.331 e. The molecule has 0 unspecified atom stereocenters. The van der Waals surface area contributed by atoms with Crippen LogP contribution in [0.15, 0.2) is 29.1 Å². The van der Waals surface area contributed by atoms with Crippen LogP contribution < -0.4 is 5.56 Å². The first-order valence-electron chi connectivity index (χ1n) is 7.95. The third-order valence-corrected chi connectivity index (χ3v) is 6.18. The van der Waals surface area contributed by atoms with Crippen molar-refractivity contribution >= 4 is 34.5 Å². The summed E-state index contributed by atoms with van der Waals surface area (Å²) in [5, 5.41) is 8.15. The minimum Gasteiger partial charge on any atom is -0.441 e. The lowest BCUT2D eigenvalue weighted by atomic mass is 10.2. The minimum absolute atomic E-state index is 0.0305. The number of rotatable bonds is 3. The summed E-state index contributed by atoms with van der Waals surface area (Å²) in [5.74, 6) is -0.0511. The second-order valence-corrected chi connectivity index (χ2v) is 7.77. The molecule has 0 aliphatic carbocycles. The number of aromatic nitrogens is 3. The van der Waals surface area contributed by atoms with Gasteiger partial charge < -0.3 is 9.64 Å². The Balaban J connectivity index is 1.50. The largest absolute Gasteiger partial charge is 0.441 e. The number of fused-ring (bicyclic) bond motifs is 2. The molecule has 3 heterocycles. The fourth-order valence-electron chi connectivity index (χ4n) is 3.32. The maximum Gasteiger partial charge on any atom is 0.331 e. The van der Waals surface area contributed by atoms with Gasteiger partial charge in [-0.3, -0.25) is 9.59 Å². The average Bonchev–Trinajstić information content (AvgIpc) is 3.11. The van der Waals surface area contributed by atoms with E-state index in [1.54, 1.807) is 40.9 Å². The molecule has 2 aromatic rings. The molecular formula is C16H16N4O4S. The highest BCUT2D eigenvalue weighted by atomic mass is 32.2. The predicted octanol–water partition coefficient (Wildman–Crippen LogP) is 0.746. The summed E-state index contributed by atoms with van der Waals surface area (Å²) >= 11 is 1.59. The molecule has 1 aromatic carbocycles. The second kappa shape index (κ2) is 5.83. The first-order valence-corrected chi connectivity index (χ1v) is 8.93. The highest BCUT2D eigenvalue weighted by Crippen LogP contribution is 2.47. The van der Waals surface area contributed by atoms with Gasteiger partial charge in [-0.15, -0.1) is 16.9 Å².